The van der Waals surface area contributed by atoms with E-state index in [2.05, 4.69) is 5.32 Å². The summed E-state index contributed by atoms with van der Waals surface area (Å²) in [6.07, 6.45) is -0.162. The maximum Gasteiger partial charge on any atom is 0.251 e. The number of carbonyl (C=O) groups is 1. The number of ether oxygens (including phenoxy) is 2. The topological polar surface area (TPSA) is 122 Å². The molecule has 0 aromatic heterocycles. The molecule has 8 nitrogen and oxygen atoms in total. The lowest BCUT2D eigenvalue weighted by molar-refractivity contribution is 0.0438. The van der Waals surface area contributed by atoms with Crippen LogP contribution in [0.5, 0.6) is 11.5 Å². The Morgan fingerprint density at radius 1 is 1.03 bits per heavy atom. The van der Waals surface area contributed by atoms with Crippen molar-refractivity contribution in [3.05, 3.63) is 54.1 Å². The molecule has 3 N–H and O–H groups in total. The van der Waals surface area contributed by atoms with Gasteiger partial charge in [0.1, 0.15) is 11.5 Å². The van der Waals surface area contributed by atoms with E-state index in [1.165, 1.54) is 12.1 Å². The van der Waals surface area contributed by atoms with Crippen LogP contribution in [0.4, 0.5) is 0 Å². The summed E-state index contributed by atoms with van der Waals surface area (Å²) in [6.45, 7) is 0.343. The van der Waals surface area contributed by atoms with E-state index in [1.54, 1.807) is 43.5 Å². The zero-order chi connectivity index (χ0) is 22.6. The second-order valence-electron chi connectivity index (χ2n) is 7.99. The zero-order valence-electron chi connectivity index (χ0n) is 17.4. The molecule has 0 saturated heterocycles. The molecule has 0 aliphatic heterocycles. The van der Waals surface area contributed by atoms with Crippen LogP contribution >= 0.6 is 0 Å². The van der Waals surface area contributed by atoms with Crippen molar-refractivity contribution in [1.82, 2.24) is 5.32 Å². The third-order valence-corrected chi connectivity index (χ3v) is 6.63. The third kappa shape index (κ3) is 5.75. The van der Waals surface area contributed by atoms with Gasteiger partial charge in [0.15, 0.2) is 9.84 Å². The number of hydrogen-bond donors (Lipinski definition) is 3. The Bertz CT molecular complexity index is 993. The van der Waals surface area contributed by atoms with Gasteiger partial charge in [-0.15, -0.1) is 0 Å². The zero-order valence-corrected chi connectivity index (χ0v) is 18.3. The summed E-state index contributed by atoms with van der Waals surface area (Å²) in [5.41, 5.74) is -0.205. The predicted octanol–water partition coefficient (Wildman–Crippen LogP) is 1.41. The lowest BCUT2D eigenvalue weighted by atomic mass is 9.86. The molecule has 0 spiro atoms. The number of benzene rings is 2. The SMILES string of the molecule is COc1ccc(C(=O)NCC2(COc3ccc(S(C)(=O)=O)cc3)CC(O)C(O)C2)cc1. The quantitative estimate of drug-likeness (QED) is 0.557. The van der Waals surface area contributed by atoms with Crippen LogP contribution in [0.3, 0.4) is 0 Å². The van der Waals surface area contributed by atoms with E-state index in [9.17, 15) is 23.4 Å². The Kier molecular flexibility index (Phi) is 6.88. The fourth-order valence-electron chi connectivity index (χ4n) is 3.69. The molecule has 1 amide bonds. The number of nitrogens with one attached hydrogen (secondary N) is 1. The van der Waals surface area contributed by atoms with Gasteiger partial charge in [0, 0.05) is 23.8 Å². The minimum atomic E-state index is -3.30. The summed E-state index contributed by atoms with van der Waals surface area (Å²) in [6, 6.07) is 12.7. The largest absolute Gasteiger partial charge is 0.497 e. The third-order valence-electron chi connectivity index (χ3n) is 5.50. The normalized spacial score (nSPS) is 23.4. The van der Waals surface area contributed by atoms with Crippen molar-refractivity contribution in [3.63, 3.8) is 0 Å². The van der Waals surface area contributed by atoms with Crippen molar-refractivity contribution in [2.45, 2.75) is 29.9 Å². The molecule has 1 aliphatic carbocycles. The van der Waals surface area contributed by atoms with Gasteiger partial charge in [0.05, 0.1) is 30.8 Å². The molecule has 2 aromatic rings. The van der Waals surface area contributed by atoms with Crippen LogP contribution in [-0.2, 0) is 9.84 Å². The molecule has 1 saturated carbocycles. The fourth-order valence-corrected chi connectivity index (χ4v) is 4.32. The van der Waals surface area contributed by atoms with E-state index in [1.807, 2.05) is 0 Å². The van der Waals surface area contributed by atoms with Gasteiger partial charge < -0.3 is 25.0 Å². The van der Waals surface area contributed by atoms with E-state index in [4.69, 9.17) is 9.47 Å². The summed E-state index contributed by atoms with van der Waals surface area (Å²) >= 11 is 0. The lowest BCUT2D eigenvalue weighted by Crippen LogP contribution is -2.40. The molecule has 168 valence electrons. The first kappa shape index (κ1) is 23.1. The van der Waals surface area contributed by atoms with Gasteiger partial charge in [0.25, 0.3) is 5.91 Å². The van der Waals surface area contributed by atoms with Gasteiger partial charge in [-0.25, -0.2) is 8.42 Å². The Morgan fingerprint density at radius 2 is 1.58 bits per heavy atom. The van der Waals surface area contributed by atoms with Crippen molar-refractivity contribution in [3.8, 4) is 11.5 Å². The molecular formula is C22H27NO7S. The maximum atomic E-state index is 12.5. The van der Waals surface area contributed by atoms with E-state index >= 15 is 0 Å². The van der Waals surface area contributed by atoms with E-state index in [-0.39, 0.29) is 36.8 Å². The first-order valence-corrected chi connectivity index (χ1v) is 11.7. The van der Waals surface area contributed by atoms with Crippen LogP contribution in [-0.4, -0.2) is 63.3 Å². The van der Waals surface area contributed by atoms with Gasteiger partial charge in [-0.2, -0.15) is 0 Å². The summed E-state index contributed by atoms with van der Waals surface area (Å²) < 4.78 is 34.1. The molecule has 0 heterocycles. The van der Waals surface area contributed by atoms with Gasteiger partial charge >= 0.3 is 0 Å². The van der Waals surface area contributed by atoms with Crippen LogP contribution in [0, 0.1) is 5.41 Å². The number of aliphatic hydroxyl groups excluding tert-OH is 2. The summed E-state index contributed by atoms with van der Waals surface area (Å²) in [5.74, 6) is 0.824. The van der Waals surface area contributed by atoms with Crippen molar-refractivity contribution >= 4 is 15.7 Å². The average Bonchev–Trinajstić information content (AvgIpc) is 3.04. The molecule has 1 aliphatic rings. The van der Waals surface area contributed by atoms with Crippen LogP contribution < -0.4 is 14.8 Å². The highest BCUT2D eigenvalue weighted by Crippen LogP contribution is 2.39. The van der Waals surface area contributed by atoms with Crippen LogP contribution in [0.25, 0.3) is 0 Å². The highest BCUT2D eigenvalue weighted by molar-refractivity contribution is 7.90. The van der Waals surface area contributed by atoms with Crippen molar-refractivity contribution in [1.29, 1.82) is 0 Å². The number of aliphatic hydroxyl groups is 2. The molecule has 0 bridgehead atoms. The first-order chi connectivity index (χ1) is 14.6. The van der Waals surface area contributed by atoms with Crippen LogP contribution in [0.1, 0.15) is 23.2 Å². The molecule has 3 rings (SSSR count). The highest BCUT2D eigenvalue weighted by atomic mass is 32.2. The predicted molar refractivity (Wildman–Crippen MR) is 114 cm³/mol. The summed E-state index contributed by atoms with van der Waals surface area (Å²) in [7, 11) is -1.76. The number of carbonyl (C=O) groups excluding carboxylic acids is 1. The summed E-state index contributed by atoms with van der Waals surface area (Å²) in [5, 5.41) is 23.1. The molecular weight excluding hydrogens is 422 g/mol. The minimum Gasteiger partial charge on any atom is -0.497 e. The van der Waals surface area contributed by atoms with Gasteiger partial charge in [0.2, 0.25) is 0 Å². The monoisotopic (exact) mass is 449 g/mol. The minimum absolute atomic E-state index is 0.141. The molecule has 0 radical (unpaired) electrons. The van der Waals surface area contributed by atoms with Crippen LogP contribution in [0.2, 0.25) is 0 Å². The highest BCUT2D eigenvalue weighted by Gasteiger charge is 2.45. The maximum absolute atomic E-state index is 12.5. The van der Waals surface area contributed by atoms with Crippen molar-refractivity contribution < 1.29 is 32.9 Å². The Morgan fingerprint density at radius 3 is 2.10 bits per heavy atom. The smallest absolute Gasteiger partial charge is 0.251 e. The Balaban J connectivity index is 1.67. The van der Waals surface area contributed by atoms with Crippen LogP contribution in [0.15, 0.2) is 53.4 Å². The number of rotatable bonds is 8. The van der Waals surface area contributed by atoms with E-state index in [0.717, 1.165) is 6.26 Å². The van der Waals surface area contributed by atoms with E-state index in [0.29, 0.717) is 17.1 Å². The Labute approximate surface area is 181 Å². The fraction of sp³-hybridized carbons (Fsp3) is 0.409. The number of amides is 1. The number of hydrogen-bond acceptors (Lipinski definition) is 7. The van der Waals surface area contributed by atoms with Gasteiger partial charge in [-0.1, -0.05) is 0 Å². The second kappa shape index (κ2) is 9.25. The molecule has 1 fully saturated rings. The van der Waals surface area contributed by atoms with Gasteiger partial charge in [-0.05, 0) is 61.4 Å². The molecule has 31 heavy (non-hydrogen) atoms. The lowest BCUT2D eigenvalue weighted by Gasteiger charge is -2.29. The van der Waals surface area contributed by atoms with Crippen molar-refractivity contribution in [2.75, 3.05) is 26.5 Å². The molecule has 2 atom stereocenters. The molecule has 2 aromatic carbocycles. The second-order valence-corrected chi connectivity index (χ2v) is 10.0. The standard InChI is InChI=1S/C22H27NO7S/c1-29-16-5-3-15(4-6-16)21(26)23-13-22(11-19(24)20(25)12-22)14-30-17-7-9-18(10-8-17)31(2,27)28/h3-10,19-20,24-25H,11-14H2,1-2H3,(H,23,26). The first-order valence-electron chi connectivity index (χ1n) is 9.83. The molecule has 9 heteroatoms. The average molecular weight is 450 g/mol. The van der Waals surface area contributed by atoms with Crippen molar-refractivity contribution in [2.24, 2.45) is 5.41 Å². The van der Waals surface area contributed by atoms with Gasteiger partial charge in [-0.3, -0.25) is 4.79 Å². The Hall–Kier alpha value is -2.62. The summed E-state index contributed by atoms with van der Waals surface area (Å²) in [4.78, 5) is 12.7. The molecule has 2 unspecified atom stereocenters. The van der Waals surface area contributed by atoms with E-state index < -0.39 is 27.5 Å². The number of methoxy groups -OCH3 is 1. The number of sulfone groups is 1.